The third-order valence-electron chi connectivity index (χ3n) is 2.02. The lowest BCUT2D eigenvalue weighted by Gasteiger charge is -2.11. The summed E-state index contributed by atoms with van der Waals surface area (Å²) in [7, 11) is 0. The highest BCUT2D eigenvalue weighted by atomic mass is 16.3. The van der Waals surface area contributed by atoms with E-state index in [1.54, 1.807) is 6.21 Å². The fourth-order valence-electron chi connectivity index (χ4n) is 1.34. The standard InChI is InChI=1S/C9H9NO2/c11-8-2-1-6-3-4-10-5-7(6)9(8)12/h1-2,5,11-12H,3-4H2. The fourth-order valence-corrected chi connectivity index (χ4v) is 1.34. The Kier molecular flexibility index (Phi) is 1.50. The van der Waals surface area contributed by atoms with Gasteiger partial charge in [0.15, 0.2) is 11.5 Å². The molecule has 0 unspecified atom stereocenters. The number of benzene rings is 1. The third kappa shape index (κ3) is 0.942. The topological polar surface area (TPSA) is 52.8 Å². The summed E-state index contributed by atoms with van der Waals surface area (Å²) in [4.78, 5) is 4.02. The molecule has 0 saturated heterocycles. The SMILES string of the molecule is Oc1ccc2c(c1O)C=NCC2. The van der Waals surface area contributed by atoms with Crippen molar-refractivity contribution in [1.82, 2.24) is 0 Å². The number of rotatable bonds is 0. The lowest BCUT2D eigenvalue weighted by Crippen LogP contribution is -2.02. The summed E-state index contributed by atoms with van der Waals surface area (Å²) < 4.78 is 0. The Bertz CT molecular complexity index is 345. The van der Waals surface area contributed by atoms with Gasteiger partial charge in [-0.05, 0) is 18.1 Å². The maximum absolute atomic E-state index is 9.40. The minimum atomic E-state index is -0.0814. The molecule has 1 aromatic rings. The Balaban J connectivity index is 2.64. The summed E-state index contributed by atoms with van der Waals surface area (Å²) in [6, 6.07) is 3.32. The van der Waals surface area contributed by atoms with Gasteiger partial charge in [0.1, 0.15) is 0 Å². The molecule has 1 heterocycles. The van der Waals surface area contributed by atoms with Crippen molar-refractivity contribution in [2.75, 3.05) is 6.54 Å². The van der Waals surface area contributed by atoms with Crippen molar-refractivity contribution in [3.8, 4) is 11.5 Å². The average molecular weight is 163 g/mol. The Morgan fingerprint density at radius 1 is 1.25 bits per heavy atom. The molecule has 2 rings (SSSR count). The minimum absolute atomic E-state index is 0.0593. The Morgan fingerprint density at radius 2 is 2.08 bits per heavy atom. The molecule has 3 heteroatoms. The van der Waals surface area contributed by atoms with Gasteiger partial charge in [-0.25, -0.2) is 0 Å². The summed E-state index contributed by atoms with van der Waals surface area (Å²) in [5.41, 5.74) is 1.70. The molecule has 1 aromatic carbocycles. The van der Waals surface area contributed by atoms with Crippen molar-refractivity contribution < 1.29 is 10.2 Å². The lowest BCUT2D eigenvalue weighted by molar-refractivity contribution is 0.402. The van der Waals surface area contributed by atoms with Crippen molar-refractivity contribution in [1.29, 1.82) is 0 Å². The maximum Gasteiger partial charge on any atom is 0.166 e. The van der Waals surface area contributed by atoms with Crippen LogP contribution in [0.5, 0.6) is 11.5 Å². The van der Waals surface area contributed by atoms with Crippen LogP contribution < -0.4 is 0 Å². The first-order valence-electron chi connectivity index (χ1n) is 3.82. The van der Waals surface area contributed by atoms with Gasteiger partial charge >= 0.3 is 0 Å². The van der Waals surface area contributed by atoms with Gasteiger partial charge in [-0.1, -0.05) is 6.07 Å². The molecule has 12 heavy (non-hydrogen) atoms. The summed E-state index contributed by atoms with van der Waals surface area (Å²) in [6.07, 6.45) is 2.44. The van der Waals surface area contributed by atoms with Gasteiger partial charge in [0, 0.05) is 18.3 Å². The molecule has 0 amide bonds. The predicted octanol–water partition coefficient (Wildman–Crippen LogP) is 1.07. The third-order valence-corrected chi connectivity index (χ3v) is 2.02. The molecule has 0 bridgehead atoms. The molecule has 0 aromatic heterocycles. The van der Waals surface area contributed by atoms with Crippen molar-refractivity contribution in [3.63, 3.8) is 0 Å². The quantitative estimate of drug-likeness (QED) is 0.562. The van der Waals surface area contributed by atoms with Gasteiger partial charge in [0.2, 0.25) is 0 Å². The number of aromatic hydroxyl groups is 2. The zero-order chi connectivity index (χ0) is 8.55. The van der Waals surface area contributed by atoms with E-state index in [2.05, 4.69) is 4.99 Å². The summed E-state index contributed by atoms with van der Waals surface area (Å²) in [5.74, 6) is -0.141. The highest BCUT2D eigenvalue weighted by Crippen LogP contribution is 2.31. The van der Waals surface area contributed by atoms with E-state index in [1.165, 1.54) is 6.07 Å². The molecule has 0 saturated carbocycles. The number of phenolic OH excluding ortho intramolecular Hbond substituents is 2. The van der Waals surface area contributed by atoms with Crippen LogP contribution in [0.15, 0.2) is 17.1 Å². The normalized spacial score (nSPS) is 14.3. The minimum Gasteiger partial charge on any atom is -0.504 e. The van der Waals surface area contributed by atoms with Crippen LogP contribution >= 0.6 is 0 Å². The fraction of sp³-hybridized carbons (Fsp3) is 0.222. The zero-order valence-corrected chi connectivity index (χ0v) is 6.49. The molecule has 62 valence electrons. The molecule has 0 radical (unpaired) electrons. The second kappa shape index (κ2) is 2.52. The molecule has 0 aliphatic carbocycles. The largest absolute Gasteiger partial charge is 0.504 e. The first kappa shape index (κ1) is 7.16. The van der Waals surface area contributed by atoms with E-state index in [-0.39, 0.29) is 11.5 Å². The van der Waals surface area contributed by atoms with Crippen LogP contribution in [0, 0.1) is 0 Å². The number of fused-ring (bicyclic) bond motifs is 1. The highest BCUT2D eigenvalue weighted by molar-refractivity contribution is 5.87. The van der Waals surface area contributed by atoms with Gasteiger partial charge in [-0.15, -0.1) is 0 Å². The van der Waals surface area contributed by atoms with Crippen LogP contribution in [0.1, 0.15) is 11.1 Å². The summed E-state index contributed by atoms with van der Waals surface area (Å²) >= 11 is 0. The first-order valence-corrected chi connectivity index (χ1v) is 3.82. The van der Waals surface area contributed by atoms with E-state index in [0.29, 0.717) is 5.56 Å². The van der Waals surface area contributed by atoms with E-state index >= 15 is 0 Å². The molecule has 3 nitrogen and oxygen atoms in total. The molecule has 0 fully saturated rings. The van der Waals surface area contributed by atoms with Crippen molar-refractivity contribution in [2.24, 2.45) is 4.99 Å². The van der Waals surface area contributed by atoms with Gasteiger partial charge in [0.25, 0.3) is 0 Å². The van der Waals surface area contributed by atoms with Crippen LogP contribution in [0.25, 0.3) is 0 Å². The molecule has 1 aliphatic heterocycles. The molecule has 0 atom stereocenters. The maximum atomic E-state index is 9.40. The van der Waals surface area contributed by atoms with Crippen LogP contribution in [0.2, 0.25) is 0 Å². The number of hydrogen-bond donors (Lipinski definition) is 2. The van der Waals surface area contributed by atoms with Crippen molar-refractivity contribution in [2.45, 2.75) is 6.42 Å². The Morgan fingerprint density at radius 3 is 2.92 bits per heavy atom. The average Bonchev–Trinajstić information content (AvgIpc) is 2.12. The monoisotopic (exact) mass is 163 g/mol. The number of aliphatic imine (C=N–C) groups is 1. The molecular formula is C9H9NO2. The zero-order valence-electron chi connectivity index (χ0n) is 6.49. The van der Waals surface area contributed by atoms with Gasteiger partial charge < -0.3 is 10.2 Å². The molecule has 2 N–H and O–H groups in total. The highest BCUT2D eigenvalue weighted by Gasteiger charge is 2.12. The second-order valence-electron chi connectivity index (χ2n) is 2.79. The van der Waals surface area contributed by atoms with Gasteiger partial charge in [-0.2, -0.15) is 0 Å². The number of nitrogens with zero attached hydrogens (tertiary/aromatic N) is 1. The number of hydrogen-bond acceptors (Lipinski definition) is 3. The van der Waals surface area contributed by atoms with E-state index in [9.17, 15) is 5.11 Å². The van der Waals surface area contributed by atoms with E-state index in [1.807, 2.05) is 6.07 Å². The van der Waals surface area contributed by atoms with Crippen LogP contribution in [0.3, 0.4) is 0 Å². The van der Waals surface area contributed by atoms with E-state index in [0.717, 1.165) is 18.5 Å². The Labute approximate surface area is 70.0 Å². The van der Waals surface area contributed by atoms with Crippen molar-refractivity contribution >= 4 is 6.21 Å². The van der Waals surface area contributed by atoms with Crippen LogP contribution in [-0.4, -0.2) is 23.0 Å². The van der Waals surface area contributed by atoms with Gasteiger partial charge in [0.05, 0.1) is 0 Å². The summed E-state index contributed by atoms with van der Waals surface area (Å²) in [5, 5.41) is 18.6. The van der Waals surface area contributed by atoms with Crippen LogP contribution in [-0.2, 0) is 6.42 Å². The van der Waals surface area contributed by atoms with Crippen molar-refractivity contribution in [3.05, 3.63) is 23.3 Å². The second-order valence-corrected chi connectivity index (χ2v) is 2.79. The first-order chi connectivity index (χ1) is 5.79. The van der Waals surface area contributed by atoms with E-state index in [4.69, 9.17) is 5.11 Å². The lowest BCUT2D eigenvalue weighted by atomic mass is 10.0. The molecule has 1 aliphatic rings. The van der Waals surface area contributed by atoms with Gasteiger partial charge in [-0.3, -0.25) is 4.99 Å². The Hall–Kier alpha value is -1.51. The van der Waals surface area contributed by atoms with Crippen LogP contribution in [0.4, 0.5) is 0 Å². The molecular weight excluding hydrogens is 154 g/mol. The van der Waals surface area contributed by atoms with E-state index < -0.39 is 0 Å². The number of phenols is 2. The smallest absolute Gasteiger partial charge is 0.166 e. The predicted molar refractivity (Wildman–Crippen MR) is 45.9 cm³/mol. The molecule has 0 spiro atoms. The summed E-state index contributed by atoms with van der Waals surface area (Å²) in [6.45, 7) is 0.761.